The molecule has 0 atom stereocenters. The molecule has 0 fully saturated rings. The molecule has 2 aromatic rings. The molecule has 0 aromatic heterocycles. The maximum absolute atomic E-state index is 11.6. The molecule has 6 heteroatoms. The quantitative estimate of drug-likeness (QED) is 0.365. The number of nitrogens with zero attached hydrogens (tertiary/aromatic N) is 1. The average molecular weight is 287 g/mol. The zero-order valence-corrected chi connectivity index (χ0v) is 11.3. The maximum atomic E-state index is 11.6. The molecule has 0 heterocycles. The zero-order valence-electron chi connectivity index (χ0n) is 11.3. The van der Waals surface area contributed by atoms with Crippen molar-refractivity contribution in [3.63, 3.8) is 0 Å². The highest BCUT2D eigenvalue weighted by atomic mass is 16.6. The van der Waals surface area contributed by atoms with Gasteiger partial charge in [-0.05, 0) is 31.2 Å². The van der Waals surface area contributed by atoms with Crippen LogP contribution in [0.1, 0.15) is 5.56 Å². The fraction of sp³-hybridized carbons (Fsp3) is 0.133. The standard InChI is InChI=1S/C15H13NO5/c1-11-2-6-14(7-3-11)21-15(17)10-20-13-8-4-12(5-9-13)16(18)19/h2-9H,10H2,1H3. The van der Waals surface area contributed by atoms with Crippen LogP contribution in [0.3, 0.4) is 0 Å². The molecule has 21 heavy (non-hydrogen) atoms. The molecule has 0 N–H and O–H groups in total. The molecule has 0 unspecified atom stereocenters. The first-order valence-electron chi connectivity index (χ1n) is 6.19. The van der Waals surface area contributed by atoms with Crippen LogP contribution in [0.25, 0.3) is 0 Å². The average Bonchev–Trinajstić information content (AvgIpc) is 2.48. The summed E-state index contributed by atoms with van der Waals surface area (Å²) in [5, 5.41) is 10.5. The van der Waals surface area contributed by atoms with Gasteiger partial charge in [0.1, 0.15) is 11.5 Å². The largest absolute Gasteiger partial charge is 0.482 e. The Balaban J connectivity index is 1.86. The van der Waals surface area contributed by atoms with Gasteiger partial charge in [-0.15, -0.1) is 0 Å². The van der Waals surface area contributed by atoms with Gasteiger partial charge < -0.3 is 9.47 Å². The van der Waals surface area contributed by atoms with Crippen molar-refractivity contribution in [1.82, 2.24) is 0 Å². The lowest BCUT2D eigenvalue weighted by atomic mass is 10.2. The molecule has 0 spiro atoms. The number of hydrogen-bond acceptors (Lipinski definition) is 5. The van der Waals surface area contributed by atoms with Gasteiger partial charge in [0.15, 0.2) is 6.61 Å². The summed E-state index contributed by atoms with van der Waals surface area (Å²) < 4.78 is 10.3. The highest BCUT2D eigenvalue weighted by Crippen LogP contribution is 2.17. The number of carbonyl (C=O) groups excluding carboxylic acids is 1. The van der Waals surface area contributed by atoms with E-state index in [2.05, 4.69) is 0 Å². The lowest BCUT2D eigenvalue weighted by molar-refractivity contribution is -0.384. The Bertz CT molecular complexity index is 634. The summed E-state index contributed by atoms with van der Waals surface area (Å²) in [5.74, 6) is 0.261. The van der Waals surface area contributed by atoms with Crippen LogP contribution in [-0.4, -0.2) is 17.5 Å². The number of nitro groups is 1. The van der Waals surface area contributed by atoms with E-state index in [1.54, 1.807) is 12.1 Å². The molecule has 0 saturated carbocycles. The van der Waals surface area contributed by atoms with E-state index in [0.29, 0.717) is 11.5 Å². The van der Waals surface area contributed by atoms with Crippen LogP contribution in [0.4, 0.5) is 5.69 Å². The van der Waals surface area contributed by atoms with Crippen LogP contribution < -0.4 is 9.47 Å². The molecule has 0 saturated heterocycles. The Kier molecular flexibility index (Phi) is 4.50. The Hall–Kier alpha value is -2.89. The Morgan fingerprint density at radius 2 is 1.62 bits per heavy atom. The number of aryl methyl sites for hydroxylation is 1. The first-order chi connectivity index (χ1) is 10.0. The summed E-state index contributed by atoms with van der Waals surface area (Å²) in [7, 11) is 0. The van der Waals surface area contributed by atoms with Gasteiger partial charge in [-0.2, -0.15) is 0 Å². The number of benzene rings is 2. The van der Waals surface area contributed by atoms with Gasteiger partial charge in [-0.25, -0.2) is 4.79 Å². The van der Waals surface area contributed by atoms with Crippen LogP contribution in [0.5, 0.6) is 11.5 Å². The van der Waals surface area contributed by atoms with E-state index < -0.39 is 10.9 Å². The van der Waals surface area contributed by atoms with E-state index in [0.717, 1.165) is 5.56 Å². The van der Waals surface area contributed by atoms with Gasteiger partial charge in [-0.1, -0.05) is 17.7 Å². The van der Waals surface area contributed by atoms with Crippen molar-refractivity contribution in [2.75, 3.05) is 6.61 Å². The second kappa shape index (κ2) is 6.51. The van der Waals surface area contributed by atoms with Gasteiger partial charge >= 0.3 is 5.97 Å². The number of hydrogen-bond donors (Lipinski definition) is 0. The van der Waals surface area contributed by atoms with Gasteiger partial charge in [0, 0.05) is 12.1 Å². The van der Waals surface area contributed by atoms with Crippen LogP contribution in [0, 0.1) is 17.0 Å². The number of non-ortho nitro benzene ring substituents is 1. The third-order valence-electron chi connectivity index (χ3n) is 2.66. The summed E-state index contributed by atoms with van der Waals surface area (Å²) in [6, 6.07) is 12.5. The number of carbonyl (C=O) groups is 1. The monoisotopic (exact) mass is 287 g/mol. The fourth-order valence-electron chi connectivity index (χ4n) is 1.57. The minimum Gasteiger partial charge on any atom is -0.482 e. The Morgan fingerprint density at radius 1 is 1.05 bits per heavy atom. The summed E-state index contributed by atoms with van der Waals surface area (Å²) >= 11 is 0. The third-order valence-corrected chi connectivity index (χ3v) is 2.66. The predicted molar refractivity (Wildman–Crippen MR) is 75.4 cm³/mol. The van der Waals surface area contributed by atoms with E-state index in [1.165, 1.54) is 24.3 Å². The van der Waals surface area contributed by atoms with E-state index >= 15 is 0 Å². The van der Waals surface area contributed by atoms with Crippen molar-refractivity contribution >= 4 is 11.7 Å². The van der Waals surface area contributed by atoms with Gasteiger partial charge in [-0.3, -0.25) is 10.1 Å². The van der Waals surface area contributed by atoms with Crippen molar-refractivity contribution in [2.24, 2.45) is 0 Å². The highest BCUT2D eigenvalue weighted by Gasteiger charge is 2.08. The lowest BCUT2D eigenvalue weighted by Crippen LogP contribution is -2.17. The first-order valence-corrected chi connectivity index (χ1v) is 6.19. The van der Waals surface area contributed by atoms with E-state index in [1.807, 2.05) is 19.1 Å². The van der Waals surface area contributed by atoms with E-state index in [-0.39, 0.29) is 12.3 Å². The van der Waals surface area contributed by atoms with Crippen molar-refractivity contribution in [3.05, 3.63) is 64.2 Å². The number of rotatable bonds is 5. The molecule has 0 radical (unpaired) electrons. The molecule has 2 rings (SSSR count). The Morgan fingerprint density at radius 3 is 2.19 bits per heavy atom. The molecule has 0 aliphatic rings. The number of esters is 1. The summed E-state index contributed by atoms with van der Waals surface area (Å²) in [6.07, 6.45) is 0. The molecule has 0 aliphatic heterocycles. The van der Waals surface area contributed by atoms with Gasteiger partial charge in [0.2, 0.25) is 0 Å². The molecule has 0 aliphatic carbocycles. The molecular formula is C15H13NO5. The Labute approximate surface area is 121 Å². The number of ether oxygens (including phenoxy) is 2. The second-order valence-corrected chi connectivity index (χ2v) is 4.33. The highest BCUT2D eigenvalue weighted by molar-refractivity contribution is 5.73. The van der Waals surface area contributed by atoms with Crippen LogP contribution >= 0.6 is 0 Å². The number of nitro benzene ring substituents is 1. The lowest BCUT2D eigenvalue weighted by Gasteiger charge is -2.06. The summed E-state index contributed by atoms with van der Waals surface area (Å²) in [6.45, 7) is 1.66. The fourth-order valence-corrected chi connectivity index (χ4v) is 1.57. The third kappa shape index (κ3) is 4.31. The normalized spacial score (nSPS) is 9.95. The van der Waals surface area contributed by atoms with Crippen LogP contribution in [0.15, 0.2) is 48.5 Å². The van der Waals surface area contributed by atoms with Crippen molar-refractivity contribution in [3.8, 4) is 11.5 Å². The molecule has 0 bridgehead atoms. The minimum absolute atomic E-state index is 0.0374. The topological polar surface area (TPSA) is 78.7 Å². The molecule has 0 amide bonds. The van der Waals surface area contributed by atoms with Crippen molar-refractivity contribution in [1.29, 1.82) is 0 Å². The summed E-state index contributed by atoms with van der Waals surface area (Å²) in [5.41, 5.74) is 1.03. The van der Waals surface area contributed by atoms with Crippen LogP contribution in [-0.2, 0) is 4.79 Å². The second-order valence-electron chi connectivity index (χ2n) is 4.33. The molecular weight excluding hydrogens is 274 g/mol. The maximum Gasteiger partial charge on any atom is 0.349 e. The smallest absolute Gasteiger partial charge is 0.349 e. The molecule has 2 aromatic carbocycles. The summed E-state index contributed by atoms with van der Waals surface area (Å²) in [4.78, 5) is 21.6. The SMILES string of the molecule is Cc1ccc(OC(=O)COc2ccc([N+](=O)[O-])cc2)cc1. The van der Waals surface area contributed by atoms with Gasteiger partial charge in [0.25, 0.3) is 5.69 Å². The van der Waals surface area contributed by atoms with E-state index in [9.17, 15) is 14.9 Å². The first kappa shape index (κ1) is 14.5. The predicted octanol–water partition coefficient (Wildman–Crippen LogP) is 2.89. The molecule has 6 nitrogen and oxygen atoms in total. The van der Waals surface area contributed by atoms with Gasteiger partial charge in [0.05, 0.1) is 4.92 Å². The minimum atomic E-state index is -0.544. The zero-order chi connectivity index (χ0) is 15.2. The van der Waals surface area contributed by atoms with E-state index in [4.69, 9.17) is 9.47 Å². The van der Waals surface area contributed by atoms with Crippen LogP contribution in [0.2, 0.25) is 0 Å². The van der Waals surface area contributed by atoms with Crippen molar-refractivity contribution in [2.45, 2.75) is 6.92 Å². The molecule has 108 valence electrons. The van der Waals surface area contributed by atoms with Crippen molar-refractivity contribution < 1.29 is 19.2 Å².